The molecule has 0 fully saturated rings. The fourth-order valence-corrected chi connectivity index (χ4v) is 1.67. The van der Waals surface area contributed by atoms with Gasteiger partial charge in [0.05, 0.1) is 11.6 Å². The molecule has 74 valence electrons. The van der Waals surface area contributed by atoms with Crippen LogP contribution in [0.15, 0.2) is 18.2 Å². The van der Waals surface area contributed by atoms with Crippen LogP contribution in [-0.4, -0.2) is 17.6 Å². The van der Waals surface area contributed by atoms with E-state index in [0.717, 1.165) is 5.56 Å². The molecule has 0 radical (unpaired) electrons. The van der Waals surface area contributed by atoms with Gasteiger partial charge in [0.15, 0.2) is 0 Å². The van der Waals surface area contributed by atoms with Crippen LogP contribution in [0.5, 0.6) is 0 Å². The van der Waals surface area contributed by atoms with E-state index in [1.54, 1.807) is 12.1 Å². The number of rotatable bonds is 1. The Labute approximate surface area is 80.6 Å². The number of anilines is 1. The smallest absolute Gasteiger partial charge is 0.308 e. The molecule has 2 rings (SSSR count). The van der Waals surface area contributed by atoms with E-state index < -0.39 is 11.9 Å². The Morgan fingerprint density at radius 2 is 2.36 bits per heavy atom. The van der Waals surface area contributed by atoms with Gasteiger partial charge in [-0.1, -0.05) is 12.1 Å². The van der Waals surface area contributed by atoms with E-state index >= 15 is 0 Å². The standard InChI is InChI=1S/C10H10FNO2/c11-8-3-1-2-6-4-7(10(13)14)5-12-9(6)8/h1-3,7,12H,4-5H2,(H,13,14)/t7-/m1/s1. The number of carboxylic acid groups (broad SMARTS) is 1. The first-order chi connectivity index (χ1) is 6.68. The van der Waals surface area contributed by atoms with Crippen molar-refractivity contribution in [2.75, 3.05) is 11.9 Å². The van der Waals surface area contributed by atoms with Gasteiger partial charge in [-0.25, -0.2) is 4.39 Å². The first-order valence-corrected chi connectivity index (χ1v) is 4.42. The van der Waals surface area contributed by atoms with Crippen molar-refractivity contribution in [3.63, 3.8) is 0 Å². The number of halogens is 1. The van der Waals surface area contributed by atoms with Crippen LogP contribution in [0.2, 0.25) is 0 Å². The lowest BCUT2D eigenvalue weighted by atomic mass is 9.94. The first kappa shape index (κ1) is 8.99. The number of hydrogen-bond acceptors (Lipinski definition) is 2. The minimum atomic E-state index is -0.840. The quantitative estimate of drug-likeness (QED) is 0.713. The highest BCUT2D eigenvalue weighted by Gasteiger charge is 2.25. The summed E-state index contributed by atoms with van der Waals surface area (Å²) in [6.07, 6.45) is 0.398. The van der Waals surface area contributed by atoms with E-state index in [-0.39, 0.29) is 5.82 Å². The molecule has 0 amide bonds. The highest BCUT2D eigenvalue weighted by molar-refractivity contribution is 5.73. The minimum absolute atomic E-state index is 0.295. The summed E-state index contributed by atoms with van der Waals surface area (Å²) in [6, 6.07) is 4.72. The molecule has 2 N–H and O–H groups in total. The van der Waals surface area contributed by atoms with E-state index in [0.29, 0.717) is 18.7 Å². The summed E-state index contributed by atoms with van der Waals surface area (Å²) in [5.74, 6) is -1.61. The molecule has 0 bridgehead atoms. The number of hydrogen-bond donors (Lipinski definition) is 2. The second-order valence-electron chi connectivity index (χ2n) is 3.39. The third kappa shape index (κ3) is 1.43. The lowest BCUT2D eigenvalue weighted by Crippen LogP contribution is -2.29. The highest BCUT2D eigenvalue weighted by atomic mass is 19.1. The van der Waals surface area contributed by atoms with Gasteiger partial charge in [-0.3, -0.25) is 4.79 Å². The maximum Gasteiger partial charge on any atom is 0.308 e. The fourth-order valence-electron chi connectivity index (χ4n) is 1.67. The Hall–Kier alpha value is -1.58. The number of carbonyl (C=O) groups is 1. The molecule has 1 heterocycles. The molecule has 14 heavy (non-hydrogen) atoms. The lowest BCUT2D eigenvalue weighted by Gasteiger charge is -2.23. The SMILES string of the molecule is O=C(O)[C@H]1CNc2c(F)cccc2C1. The second kappa shape index (κ2) is 3.29. The summed E-state index contributed by atoms with van der Waals surface area (Å²) in [5, 5.41) is 11.6. The van der Waals surface area contributed by atoms with Crippen LogP contribution in [0.3, 0.4) is 0 Å². The Balaban J connectivity index is 2.31. The molecule has 0 spiro atoms. The van der Waals surface area contributed by atoms with Gasteiger partial charge >= 0.3 is 5.97 Å². The predicted octanol–water partition coefficient (Wildman–Crippen LogP) is 1.49. The average molecular weight is 195 g/mol. The second-order valence-corrected chi connectivity index (χ2v) is 3.39. The summed E-state index contributed by atoms with van der Waals surface area (Å²) >= 11 is 0. The Kier molecular flexibility index (Phi) is 2.11. The monoisotopic (exact) mass is 195 g/mol. The van der Waals surface area contributed by atoms with Crippen LogP contribution >= 0.6 is 0 Å². The maximum absolute atomic E-state index is 13.2. The lowest BCUT2D eigenvalue weighted by molar-refractivity contribution is -0.141. The summed E-state index contributed by atoms with van der Waals surface area (Å²) in [6.45, 7) is 0.295. The third-order valence-corrected chi connectivity index (χ3v) is 2.44. The molecule has 0 aromatic heterocycles. The maximum atomic E-state index is 13.2. The highest BCUT2D eigenvalue weighted by Crippen LogP contribution is 2.27. The first-order valence-electron chi connectivity index (χ1n) is 4.42. The van der Waals surface area contributed by atoms with E-state index in [4.69, 9.17) is 5.11 Å². The van der Waals surface area contributed by atoms with Gasteiger partial charge in [-0.15, -0.1) is 0 Å². The molecule has 1 aliphatic heterocycles. The third-order valence-electron chi connectivity index (χ3n) is 2.44. The van der Waals surface area contributed by atoms with Gasteiger partial charge in [-0.05, 0) is 18.1 Å². The number of para-hydroxylation sites is 1. The van der Waals surface area contributed by atoms with Gasteiger partial charge in [0.1, 0.15) is 5.82 Å². The van der Waals surface area contributed by atoms with Crippen LogP contribution < -0.4 is 5.32 Å². The van der Waals surface area contributed by atoms with Crippen LogP contribution in [0.25, 0.3) is 0 Å². The molecular weight excluding hydrogens is 185 g/mol. The normalized spacial score (nSPS) is 19.6. The largest absolute Gasteiger partial charge is 0.481 e. The summed E-state index contributed by atoms with van der Waals surface area (Å²) in [4.78, 5) is 10.7. The molecule has 1 atom stereocenters. The zero-order valence-electron chi connectivity index (χ0n) is 7.46. The summed E-state index contributed by atoms with van der Waals surface area (Å²) in [7, 11) is 0. The Bertz CT molecular complexity index is 378. The van der Waals surface area contributed by atoms with Crippen LogP contribution in [0.1, 0.15) is 5.56 Å². The van der Waals surface area contributed by atoms with Crippen molar-refractivity contribution in [1.29, 1.82) is 0 Å². The van der Waals surface area contributed by atoms with E-state index in [9.17, 15) is 9.18 Å². The van der Waals surface area contributed by atoms with Crippen molar-refractivity contribution < 1.29 is 14.3 Å². The van der Waals surface area contributed by atoms with E-state index in [2.05, 4.69) is 5.32 Å². The average Bonchev–Trinajstić information content (AvgIpc) is 2.17. The van der Waals surface area contributed by atoms with Crippen molar-refractivity contribution in [3.8, 4) is 0 Å². The van der Waals surface area contributed by atoms with Crippen LogP contribution in [0.4, 0.5) is 10.1 Å². The number of aliphatic carboxylic acids is 1. The fraction of sp³-hybridized carbons (Fsp3) is 0.300. The van der Waals surface area contributed by atoms with Crippen LogP contribution in [-0.2, 0) is 11.2 Å². The number of fused-ring (bicyclic) bond motifs is 1. The molecule has 1 aromatic carbocycles. The molecule has 0 unspecified atom stereocenters. The molecular formula is C10H10FNO2. The predicted molar refractivity (Wildman–Crippen MR) is 49.7 cm³/mol. The molecule has 3 nitrogen and oxygen atoms in total. The Morgan fingerprint density at radius 3 is 3.07 bits per heavy atom. The minimum Gasteiger partial charge on any atom is -0.481 e. The topological polar surface area (TPSA) is 49.3 Å². The van der Waals surface area contributed by atoms with Gasteiger partial charge in [0.25, 0.3) is 0 Å². The van der Waals surface area contributed by atoms with Crippen molar-refractivity contribution >= 4 is 11.7 Å². The van der Waals surface area contributed by atoms with Gasteiger partial charge < -0.3 is 10.4 Å². The Morgan fingerprint density at radius 1 is 1.57 bits per heavy atom. The zero-order valence-corrected chi connectivity index (χ0v) is 7.46. The van der Waals surface area contributed by atoms with Gasteiger partial charge in [-0.2, -0.15) is 0 Å². The number of benzene rings is 1. The number of carboxylic acids is 1. The summed E-state index contributed by atoms with van der Waals surface area (Å²) < 4.78 is 13.2. The van der Waals surface area contributed by atoms with Crippen molar-refractivity contribution in [3.05, 3.63) is 29.6 Å². The molecule has 1 aromatic rings. The molecule has 0 saturated carbocycles. The zero-order chi connectivity index (χ0) is 10.1. The van der Waals surface area contributed by atoms with Crippen LogP contribution in [0, 0.1) is 11.7 Å². The molecule has 1 aliphatic rings. The molecule has 0 saturated heterocycles. The van der Waals surface area contributed by atoms with Gasteiger partial charge in [0.2, 0.25) is 0 Å². The van der Waals surface area contributed by atoms with E-state index in [1.165, 1.54) is 6.07 Å². The van der Waals surface area contributed by atoms with Crippen molar-refractivity contribution in [1.82, 2.24) is 0 Å². The summed E-state index contributed by atoms with van der Waals surface area (Å²) in [5.41, 5.74) is 1.19. The number of nitrogens with one attached hydrogen (secondary N) is 1. The van der Waals surface area contributed by atoms with Crippen molar-refractivity contribution in [2.45, 2.75) is 6.42 Å². The molecule has 4 heteroatoms. The molecule has 0 aliphatic carbocycles. The van der Waals surface area contributed by atoms with Gasteiger partial charge in [0, 0.05) is 6.54 Å². The van der Waals surface area contributed by atoms with Crippen molar-refractivity contribution in [2.24, 2.45) is 5.92 Å². The van der Waals surface area contributed by atoms with E-state index in [1.807, 2.05) is 0 Å².